The summed E-state index contributed by atoms with van der Waals surface area (Å²) in [7, 11) is 0. The van der Waals surface area contributed by atoms with E-state index in [0.29, 0.717) is 35.0 Å². The number of halogens is 3. The molecule has 3 heterocycles. The van der Waals surface area contributed by atoms with Gasteiger partial charge in [0.2, 0.25) is 0 Å². The number of benzene rings is 1. The Bertz CT molecular complexity index is 1240. The number of hydrogen-bond acceptors (Lipinski definition) is 5. The van der Waals surface area contributed by atoms with Crippen LogP contribution in [0.15, 0.2) is 30.6 Å². The Morgan fingerprint density at radius 3 is 2.57 bits per heavy atom. The van der Waals surface area contributed by atoms with Crippen LogP contribution < -0.4 is 5.32 Å². The first kappa shape index (κ1) is 18.8. The Morgan fingerprint density at radius 2 is 1.89 bits per heavy atom. The van der Waals surface area contributed by atoms with Gasteiger partial charge in [0.15, 0.2) is 16.0 Å². The third-order valence-electron chi connectivity index (χ3n) is 4.58. The maximum absolute atomic E-state index is 9.78. The van der Waals surface area contributed by atoms with Crippen LogP contribution >= 0.6 is 34.8 Å². The fourth-order valence-electron chi connectivity index (χ4n) is 3.28. The van der Waals surface area contributed by atoms with Crippen LogP contribution in [0.5, 0.6) is 0 Å². The molecule has 0 radical (unpaired) electrons. The summed E-state index contributed by atoms with van der Waals surface area (Å²) in [6.45, 7) is 1.88. The van der Waals surface area contributed by atoms with Crippen molar-refractivity contribution in [1.29, 1.82) is 5.26 Å². The SMILES string of the molecule is Cc1c(CCCl)c(Nc2c(Cl)ncnc2Cl)n2c(nc3ccccc32)c1C#N. The number of rotatable bonds is 4. The molecule has 0 aliphatic carbocycles. The third kappa shape index (κ3) is 2.92. The van der Waals surface area contributed by atoms with Gasteiger partial charge in [-0.15, -0.1) is 11.6 Å². The lowest BCUT2D eigenvalue weighted by Crippen LogP contribution is -2.10. The molecule has 4 aromatic rings. The van der Waals surface area contributed by atoms with Crippen molar-refractivity contribution in [3.05, 3.63) is 57.6 Å². The van der Waals surface area contributed by atoms with Crippen LogP contribution in [0.2, 0.25) is 10.3 Å². The average molecular weight is 432 g/mol. The lowest BCUT2D eigenvalue weighted by Gasteiger charge is -2.19. The molecule has 0 atom stereocenters. The Kier molecular flexibility index (Phi) is 4.98. The quantitative estimate of drug-likeness (QED) is 0.351. The van der Waals surface area contributed by atoms with Gasteiger partial charge in [-0.2, -0.15) is 5.26 Å². The zero-order valence-corrected chi connectivity index (χ0v) is 16.9. The second-order valence-corrected chi connectivity index (χ2v) is 7.19. The van der Waals surface area contributed by atoms with Crippen LogP contribution in [0.25, 0.3) is 16.7 Å². The maximum atomic E-state index is 9.78. The lowest BCUT2D eigenvalue weighted by molar-refractivity contribution is 1.05. The number of aromatic nitrogens is 4. The van der Waals surface area contributed by atoms with Crippen molar-refractivity contribution in [3.63, 3.8) is 0 Å². The van der Waals surface area contributed by atoms with Crippen LogP contribution in [0, 0.1) is 18.3 Å². The highest BCUT2D eigenvalue weighted by Crippen LogP contribution is 2.36. The van der Waals surface area contributed by atoms with E-state index in [4.69, 9.17) is 34.8 Å². The molecule has 140 valence electrons. The topological polar surface area (TPSA) is 78.9 Å². The van der Waals surface area contributed by atoms with Gasteiger partial charge >= 0.3 is 0 Å². The minimum Gasteiger partial charge on any atom is -0.336 e. The number of alkyl halides is 1. The van der Waals surface area contributed by atoms with Gasteiger partial charge < -0.3 is 5.32 Å². The highest BCUT2D eigenvalue weighted by molar-refractivity contribution is 6.37. The van der Waals surface area contributed by atoms with Crippen LogP contribution in [-0.4, -0.2) is 25.2 Å². The Balaban J connectivity index is 2.13. The van der Waals surface area contributed by atoms with E-state index in [0.717, 1.165) is 22.2 Å². The number of hydrogen-bond donors (Lipinski definition) is 1. The summed E-state index contributed by atoms with van der Waals surface area (Å²) in [6, 6.07) is 9.93. The van der Waals surface area contributed by atoms with Gasteiger partial charge in [-0.05, 0) is 36.6 Å². The summed E-state index contributed by atoms with van der Waals surface area (Å²) < 4.78 is 1.89. The van der Waals surface area contributed by atoms with Crippen molar-refractivity contribution in [3.8, 4) is 6.07 Å². The number of anilines is 2. The second kappa shape index (κ2) is 7.44. The van der Waals surface area contributed by atoms with Gasteiger partial charge in [0.1, 0.15) is 23.9 Å². The fraction of sp³-hybridized carbons (Fsp3) is 0.158. The van der Waals surface area contributed by atoms with Crippen molar-refractivity contribution in [1.82, 2.24) is 19.4 Å². The van der Waals surface area contributed by atoms with Crippen molar-refractivity contribution in [2.75, 3.05) is 11.2 Å². The van der Waals surface area contributed by atoms with Crippen LogP contribution in [-0.2, 0) is 6.42 Å². The molecule has 0 aliphatic rings. The van der Waals surface area contributed by atoms with Crippen LogP contribution in [0.3, 0.4) is 0 Å². The van der Waals surface area contributed by atoms with Crippen molar-refractivity contribution < 1.29 is 0 Å². The Hall–Kier alpha value is -2.59. The highest BCUT2D eigenvalue weighted by Gasteiger charge is 2.22. The van der Waals surface area contributed by atoms with Crippen LogP contribution in [0.1, 0.15) is 16.7 Å². The molecule has 0 saturated heterocycles. The molecule has 1 aromatic carbocycles. The first-order valence-electron chi connectivity index (χ1n) is 8.38. The van der Waals surface area contributed by atoms with Crippen molar-refractivity contribution >= 4 is 63.0 Å². The minimum atomic E-state index is 0.191. The van der Waals surface area contributed by atoms with Crippen LogP contribution in [0.4, 0.5) is 11.5 Å². The molecule has 0 fully saturated rings. The largest absolute Gasteiger partial charge is 0.336 e. The summed E-state index contributed by atoms with van der Waals surface area (Å²) in [5.74, 6) is 1.06. The van der Waals surface area contributed by atoms with E-state index in [2.05, 4.69) is 26.3 Å². The van der Waals surface area contributed by atoms with Gasteiger partial charge in [-0.1, -0.05) is 35.3 Å². The average Bonchev–Trinajstić information content (AvgIpc) is 3.06. The first-order chi connectivity index (χ1) is 13.6. The monoisotopic (exact) mass is 430 g/mol. The van der Waals surface area contributed by atoms with E-state index in [-0.39, 0.29) is 10.3 Å². The molecule has 0 bridgehead atoms. The number of nitrogens with one attached hydrogen (secondary N) is 1. The number of fused-ring (bicyclic) bond motifs is 3. The third-order valence-corrected chi connectivity index (χ3v) is 5.34. The molecule has 0 saturated carbocycles. The number of imidazole rings is 1. The van der Waals surface area contributed by atoms with E-state index in [1.807, 2.05) is 35.6 Å². The predicted octanol–water partition coefficient (Wildman–Crippen LogP) is 5.29. The van der Waals surface area contributed by atoms with Crippen molar-refractivity contribution in [2.45, 2.75) is 13.3 Å². The Morgan fingerprint density at radius 1 is 1.18 bits per heavy atom. The fourth-order valence-corrected chi connectivity index (χ4v) is 3.88. The summed E-state index contributed by atoms with van der Waals surface area (Å²) in [5, 5.41) is 13.4. The van der Waals surface area contributed by atoms with Gasteiger partial charge in [0.25, 0.3) is 0 Å². The molecule has 1 N–H and O–H groups in total. The molecule has 0 amide bonds. The molecule has 0 unspecified atom stereocenters. The standard InChI is InChI=1S/C19H13Cl3N6/c1-10-11(6-7-20)18(27-15-16(21)24-9-25-17(15)22)28-14-5-3-2-4-13(14)26-19(28)12(10)8-23/h2-5,9,27H,6-7H2,1H3. The van der Waals surface area contributed by atoms with E-state index in [1.54, 1.807) is 0 Å². The number of nitriles is 1. The van der Waals surface area contributed by atoms with E-state index < -0.39 is 0 Å². The first-order valence-corrected chi connectivity index (χ1v) is 9.67. The minimum absolute atomic E-state index is 0.191. The smallest absolute Gasteiger partial charge is 0.157 e. The van der Waals surface area contributed by atoms with Gasteiger partial charge in [0.05, 0.1) is 16.6 Å². The molecule has 0 spiro atoms. The van der Waals surface area contributed by atoms with Crippen molar-refractivity contribution in [2.24, 2.45) is 0 Å². The molecule has 28 heavy (non-hydrogen) atoms. The van der Waals surface area contributed by atoms with Gasteiger partial charge in [-0.3, -0.25) is 4.40 Å². The number of para-hydroxylation sites is 2. The lowest BCUT2D eigenvalue weighted by atomic mass is 10.0. The van der Waals surface area contributed by atoms with Gasteiger partial charge in [-0.25, -0.2) is 15.0 Å². The molecule has 4 rings (SSSR count). The van der Waals surface area contributed by atoms with E-state index in [9.17, 15) is 5.26 Å². The molecule has 6 nitrogen and oxygen atoms in total. The summed E-state index contributed by atoms with van der Waals surface area (Å²) in [5.41, 5.74) is 4.72. The van der Waals surface area contributed by atoms with E-state index in [1.165, 1.54) is 6.33 Å². The maximum Gasteiger partial charge on any atom is 0.157 e. The summed E-state index contributed by atoms with van der Waals surface area (Å²) in [4.78, 5) is 12.7. The molecule has 9 heteroatoms. The highest BCUT2D eigenvalue weighted by atomic mass is 35.5. The molecular formula is C19H13Cl3N6. The zero-order valence-electron chi connectivity index (χ0n) is 14.7. The molecule has 0 aliphatic heterocycles. The molecule has 3 aromatic heterocycles. The van der Waals surface area contributed by atoms with Gasteiger partial charge in [0, 0.05) is 5.88 Å². The molecular weight excluding hydrogens is 419 g/mol. The number of nitrogens with zero attached hydrogens (tertiary/aromatic N) is 5. The Labute approximate surface area is 175 Å². The van der Waals surface area contributed by atoms with E-state index >= 15 is 0 Å². The second-order valence-electron chi connectivity index (χ2n) is 6.09. The normalized spacial score (nSPS) is 11.1. The summed E-state index contributed by atoms with van der Waals surface area (Å²) >= 11 is 18.6. The predicted molar refractivity (Wildman–Crippen MR) is 112 cm³/mol. The number of pyridine rings is 1. The zero-order chi connectivity index (χ0) is 19.8. The summed E-state index contributed by atoms with van der Waals surface area (Å²) in [6.07, 6.45) is 1.83.